The molecule has 4 amide bonds. The molecule has 0 radical (unpaired) electrons. The Hall–Kier alpha value is -2.97. The quantitative estimate of drug-likeness (QED) is 0.135. The molecule has 13 nitrogen and oxygen atoms in total. The summed E-state index contributed by atoms with van der Waals surface area (Å²) >= 11 is 0. The van der Waals surface area contributed by atoms with E-state index in [0.717, 1.165) is 77.2 Å². The van der Waals surface area contributed by atoms with Crippen LogP contribution >= 0.6 is 0 Å². The number of rotatable bonds is 16. The van der Waals surface area contributed by atoms with Gasteiger partial charge in [-0.2, -0.15) is 12.7 Å². The molecule has 4 aliphatic carbocycles. The molecule has 0 unspecified atom stereocenters. The van der Waals surface area contributed by atoms with E-state index in [1.807, 2.05) is 34.6 Å². The number of nitrogens with zero attached hydrogens (tertiary/aromatic N) is 3. The fourth-order valence-electron chi connectivity index (χ4n) is 12.9. The molecule has 0 aromatic heterocycles. The summed E-state index contributed by atoms with van der Waals surface area (Å²) in [7, 11) is -3.95. The second-order valence-corrected chi connectivity index (χ2v) is 23.6. The van der Waals surface area contributed by atoms with Crippen molar-refractivity contribution in [3.63, 3.8) is 0 Å². The Kier molecular flexibility index (Phi) is 13.9. The maximum Gasteiger partial charge on any atom is 0.301 e. The molecule has 2 spiro atoms. The zero-order chi connectivity index (χ0) is 45.8. The van der Waals surface area contributed by atoms with Crippen LogP contribution < -0.4 is 20.7 Å². The summed E-state index contributed by atoms with van der Waals surface area (Å²) in [6.45, 7) is 27.4. The number of amides is 4. The van der Waals surface area contributed by atoms with Crippen molar-refractivity contribution < 1.29 is 27.6 Å². The highest BCUT2D eigenvalue weighted by Gasteiger charge is 2.85. The molecule has 2 aliphatic heterocycles. The van der Waals surface area contributed by atoms with Gasteiger partial charge in [-0.25, -0.2) is 0 Å². The number of hydrogen-bond acceptors (Lipinski definition) is 7. The Bertz CT molecular complexity index is 1860. The molecule has 7 atom stereocenters. The minimum Gasteiger partial charge on any atom is -0.343 e. The van der Waals surface area contributed by atoms with Crippen LogP contribution in [-0.2, 0) is 29.4 Å². The molecule has 6 rings (SSSR count). The number of allylic oxidation sites excluding steroid dienone is 1. The van der Waals surface area contributed by atoms with Crippen LogP contribution in [0.2, 0.25) is 0 Å². The number of hydrogen-bond donors (Lipinski definition) is 4. The van der Waals surface area contributed by atoms with Crippen molar-refractivity contribution in [3.8, 4) is 0 Å². The van der Waals surface area contributed by atoms with Crippen molar-refractivity contribution in [2.24, 2.45) is 33.5 Å². The number of nitrogens with one attached hydrogen (secondary N) is 4. The Morgan fingerprint density at radius 1 is 0.871 bits per heavy atom. The van der Waals surface area contributed by atoms with Gasteiger partial charge in [0, 0.05) is 42.2 Å². The van der Waals surface area contributed by atoms with Gasteiger partial charge in [-0.15, -0.1) is 6.58 Å². The second-order valence-electron chi connectivity index (χ2n) is 22.0. The lowest BCUT2D eigenvalue weighted by atomic mass is 9.73. The van der Waals surface area contributed by atoms with Crippen molar-refractivity contribution in [2.75, 3.05) is 19.6 Å². The van der Waals surface area contributed by atoms with E-state index in [9.17, 15) is 18.0 Å². The lowest BCUT2D eigenvalue weighted by molar-refractivity contribution is -0.145. The van der Waals surface area contributed by atoms with Gasteiger partial charge < -0.3 is 20.9 Å². The molecule has 14 heteroatoms. The minimum absolute atomic E-state index is 0.0267. The third-order valence-electron chi connectivity index (χ3n) is 16.9. The maximum atomic E-state index is 15.4. The van der Waals surface area contributed by atoms with Crippen LogP contribution in [0.1, 0.15) is 160 Å². The molecular formula is C48H81N7O6S. The molecule has 6 aliphatic rings. The lowest BCUT2D eigenvalue weighted by Crippen LogP contribution is -2.63. The number of fused-ring (bicyclic) bond motifs is 1. The fourth-order valence-corrected chi connectivity index (χ4v) is 14.5. The highest BCUT2D eigenvalue weighted by Crippen LogP contribution is 2.88. The predicted octanol–water partition coefficient (Wildman–Crippen LogP) is 6.17. The Labute approximate surface area is 373 Å². The molecule has 2 heterocycles. The summed E-state index contributed by atoms with van der Waals surface area (Å²) in [6, 6.07) is -2.99. The van der Waals surface area contributed by atoms with Crippen molar-refractivity contribution >= 4 is 33.8 Å². The van der Waals surface area contributed by atoms with Gasteiger partial charge in [0.1, 0.15) is 18.1 Å². The van der Waals surface area contributed by atoms with Gasteiger partial charge in [-0.1, -0.05) is 85.8 Å². The predicted molar refractivity (Wildman–Crippen MR) is 244 cm³/mol. The van der Waals surface area contributed by atoms with E-state index >= 15 is 9.59 Å². The summed E-state index contributed by atoms with van der Waals surface area (Å²) in [6.07, 6.45) is 15.1. The van der Waals surface area contributed by atoms with Gasteiger partial charge in [0.15, 0.2) is 0 Å². The maximum absolute atomic E-state index is 15.4. The molecule has 2 saturated heterocycles. The molecule has 0 bridgehead atoms. The van der Waals surface area contributed by atoms with Crippen LogP contribution in [0.15, 0.2) is 24.4 Å². The van der Waals surface area contributed by atoms with Crippen molar-refractivity contribution in [2.45, 2.75) is 201 Å². The first-order valence-corrected chi connectivity index (χ1v) is 25.5. The minimum atomic E-state index is -3.95. The second kappa shape index (κ2) is 17.8. The Balaban J connectivity index is 1.30. The van der Waals surface area contributed by atoms with Gasteiger partial charge in [0.05, 0.1) is 11.6 Å². The molecule has 0 aromatic rings. The van der Waals surface area contributed by atoms with Crippen LogP contribution in [0, 0.1) is 33.5 Å². The molecule has 0 aromatic carbocycles. The third-order valence-corrected chi connectivity index (χ3v) is 18.6. The molecule has 350 valence electrons. The first kappa shape index (κ1) is 48.5. The van der Waals surface area contributed by atoms with Crippen molar-refractivity contribution in [1.29, 1.82) is 0 Å². The highest BCUT2D eigenvalue weighted by atomic mass is 32.2. The monoisotopic (exact) mass is 884 g/mol. The third kappa shape index (κ3) is 8.40. The number of carbonyl (C=O) groups excluding carboxylic acids is 4. The van der Waals surface area contributed by atoms with E-state index in [0.29, 0.717) is 25.1 Å². The van der Waals surface area contributed by atoms with Crippen LogP contribution in [0.25, 0.3) is 0 Å². The largest absolute Gasteiger partial charge is 0.343 e. The summed E-state index contributed by atoms with van der Waals surface area (Å²) < 4.78 is 31.6. The van der Waals surface area contributed by atoms with Crippen molar-refractivity contribution in [1.82, 2.24) is 34.8 Å². The van der Waals surface area contributed by atoms with Gasteiger partial charge >= 0.3 is 10.2 Å². The van der Waals surface area contributed by atoms with Crippen LogP contribution in [0.5, 0.6) is 0 Å². The number of piperidine rings is 1. The molecule has 62 heavy (non-hydrogen) atoms. The van der Waals surface area contributed by atoms with E-state index in [2.05, 4.69) is 59.8 Å². The SMILES string of the molecule is C=C[C@@H]1C[C@]1(NC(=O)[C@@H]1C[C@@]2(CN1C(=O)[C@@H](NC(=O)[C@@H](NC(=O)[C@@H]1CCCCN1C(C)C)C1CCCCC1)C(C)(C)C)C(C)(C)C21CCC1)/C(=C/C)NS(=O)(=O)N(CC)C(C)C. The van der Waals surface area contributed by atoms with Crippen LogP contribution in [0.4, 0.5) is 0 Å². The number of likely N-dealkylation sites (tertiary alicyclic amines) is 2. The smallest absolute Gasteiger partial charge is 0.301 e. The van der Waals surface area contributed by atoms with Gasteiger partial charge in [0.25, 0.3) is 0 Å². The molecule has 4 saturated carbocycles. The summed E-state index contributed by atoms with van der Waals surface area (Å²) in [5.74, 6) is -1.38. The van der Waals surface area contributed by atoms with Gasteiger partial charge in [-0.3, -0.25) is 28.8 Å². The number of carbonyl (C=O) groups is 4. The van der Waals surface area contributed by atoms with E-state index < -0.39 is 39.3 Å². The fraction of sp³-hybridized carbons (Fsp3) is 0.833. The van der Waals surface area contributed by atoms with Gasteiger partial charge in [0.2, 0.25) is 23.6 Å². The lowest BCUT2D eigenvalue weighted by Gasteiger charge is -2.40. The molecular weight excluding hydrogens is 803 g/mol. The summed E-state index contributed by atoms with van der Waals surface area (Å²) in [5, 5.41) is 9.75. The van der Waals surface area contributed by atoms with Gasteiger partial charge in [-0.05, 0) is 115 Å². The molecule has 6 fully saturated rings. The van der Waals surface area contributed by atoms with Crippen LogP contribution in [0.3, 0.4) is 0 Å². The van der Waals surface area contributed by atoms with E-state index in [-0.39, 0.29) is 76.4 Å². The topological polar surface area (TPSA) is 160 Å². The standard InChI is InChI=1S/C48H81N7O6S/c1-13-34-28-48(34,37(14-2)52-62(60,61)55(15-3)32(6)7)51-41(57)36-29-47(45(11,12)46(47)25-21-26-46)30-54(36)43(59)39(44(8,9)10)50-42(58)38(33-22-17-16-18-23-33)49-40(56)35-24-19-20-27-53(35)31(4)5/h13-14,31-36,38-39,52H,1,15-30H2,2-12H3,(H,49,56)(H,50,58)(H,51,57)/b37-14-/t34-,35+,36+,38+,39-,47-,48-/m1/s1. The highest BCUT2D eigenvalue weighted by molar-refractivity contribution is 7.87. The van der Waals surface area contributed by atoms with E-state index in [4.69, 9.17) is 0 Å². The van der Waals surface area contributed by atoms with E-state index in [1.165, 1.54) is 4.31 Å². The molecule has 4 N–H and O–H groups in total. The Morgan fingerprint density at radius 3 is 2.02 bits per heavy atom. The zero-order valence-corrected chi connectivity index (χ0v) is 40.8. The first-order chi connectivity index (χ1) is 29.0. The normalized spacial score (nSPS) is 30.8. The average Bonchev–Trinajstić information content (AvgIpc) is 3.91. The Morgan fingerprint density at radius 2 is 1.52 bits per heavy atom. The summed E-state index contributed by atoms with van der Waals surface area (Å²) in [5.41, 5.74) is -1.75. The summed E-state index contributed by atoms with van der Waals surface area (Å²) in [4.78, 5) is 63.4. The van der Waals surface area contributed by atoms with E-state index in [1.54, 1.807) is 30.9 Å². The average molecular weight is 884 g/mol. The first-order valence-electron chi connectivity index (χ1n) is 24.1. The zero-order valence-electron chi connectivity index (χ0n) is 40.0. The van der Waals surface area contributed by atoms with Crippen molar-refractivity contribution in [3.05, 3.63) is 24.4 Å². The van der Waals surface area contributed by atoms with Crippen LogP contribution in [-0.4, -0.2) is 108 Å².